The van der Waals surface area contributed by atoms with Crippen LogP contribution in [0, 0.1) is 12.3 Å². The molecule has 0 aliphatic heterocycles. The van der Waals surface area contributed by atoms with Gasteiger partial charge in [-0.2, -0.15) is 0 Å². The van der Waals surface area contributed by atoms with Crippen LogP contribution >= 0.6 is 0 Å². The molecule has 6 rings (SSSR count). The maximum Gasteiger partial charge on any atom is 0.216 e. The number of benzene rings is 3. The fourth-order valence-corrected chi connectivity index (χ4v) is 5.62. The van der Waals surface area contributed by atoms with E-state index in [9.17, 15) is 0 Å². The Balaban J connectivity index is 1.40. The van der Waals surface area contributed by atoms with Crippen LogP contribution in [0.4, 0.5) is 0 Å². The molecular weight excluding hydrogens is 426 g/mol. The molecule has 3 aromatic carbocycles. The Morgan fingerprint density at radius 1 is 0.886 bits per heavy atom. The summed E-state index contributed by atoms with van der Waals surface area (Å²) in [7, 11) is 2.09. The highest BCUT2D eigenvalue weighted by atomic mass is 16.3. The number of hydrogen-bond acceptors (Lipinski definition) is 1. The standard InChI is InChI=1S/C33H34NO/c1-22-9-14-28-27-7-5-6-8-30(27)35-32(28)31(22)29-21-26(17-20-34(29)4)24-12-10-23(11-13-24)25-15-18-33(2,3)19-16-25/h5-14,17,20-21,25H,15-16,18-19H2,1-4H3/q+1/i25D. The van der Waals surface area contributed by atoms with Gasteiger partial charge >= 0.3 is 0 Å². The highest BCUT2D eigenvalue weighted by Gasteiger charge is 2.27. The minimum Gasteiger partial charge on any atom is -0.455 e. The zero-order chi connectivity index (χ0) is 25.1. The van der Waals surface area contributed by atoms with Crippen LogP contribution in [0.25, 0.3) is 44.3 Å². The summed E-state index contributed by atoms with van der Waals surface area (Å²) in [6, 6.07) is 25.8. The largest absolute Gasteiger partial charge is 0.455 e. The summed E-state index contributed by atoms with van der Waals surface area (Å²) in [5, 5.41) is 2.30. The van der Waals surface area contributed by atoms with Crippen LogP contribution in [-0.4, -0.2) is 0 Å². The molecule has 2 nitrogen and oxygen atoms in total. The SMILES string of the molecule is [2H]C1(c2ccc(-c3cc[n+](C)c(-c4c(C)ccc5c4oc4ccccc45)c3)cc2)CCC(C)(C)CC1. The predicted octanol–water partition coefficient (Wildman–Crippen LogP) is 8.74. The van der Waals surface area contributed by atoms with Gasteiger partial charge in [-0.15, -0.1) is 0 Å². The molecule has 2 aromatic heterocycles. The number of fused-ring (bicyclic) bond motifs is 3. The zero-order valence-corrected chi connectivity index (χ0v) is 21.2. The van der Waals surface area contributed by atoms with E-state index in [0.717, 1.165) is 64.4 Å². The Labute approximate surface area is 209 Å². The molecule has 176 valence electrons. The maximum absolute atomic E-state index is 9.12. The van der Waals surface area contributed by atoms with Gasteiger partial charge in [0.15, 0.2) is 6.20 Å². The summed E-state index contributed by atoms with van der Waals surface area (Å²) < 4.78 is 17.7. The third-order valence-electron chi connectivity index (χ3n) is 7.99. The van der Waals surface area contributed by atoms with Gasteiger partial charge in [-0.3, -0.25) is 0 Å². The lowest BCUT2D eigenvalue weighted by molar-refractivity contribution is -0.660. The van der Waals surface area contributed by atoms with E-state index in [1.54, 1.807) is 0 Å². The van der Waals surface area contributed by atoms with Gasteiger partial charge in [0, 0.05) is 24.3 Å². The molecule has 0 radical (unpaired) electrons. The van der Waals surface area contributed by atoms with Crippen LogP contribution < -0.4 is 4.57 Å². The van der Waals surface area contributed by atoms with E-state index >= 15 is 0 Å². The van der Waals surface area contributed by atoms with Gasteiger partial charge < -0.3 is 4.42 Å². The van der Waals surface area contributed by atoms with Crippen molar-refractivity contribution in [2.75, 3.05) is 0 Å². The fraction of sp³-hybridized carbons (Fsp3) is 0.303. The first-order chi connectivity index (χ1) is 17.2. The third-order valence-corrected chi connectivity index (χ3v) is 7.99. The molecule has 35 heavy (non-hydrogen) atoms. The molecule has 0 bridgehead atoms. The van der Waals surface area contributed by atoms with Gasteiger partial charge in [-0.1, -0.05) is 68.4 Å². The maximum atomic E-state index is 9.12. The molecule has 1 aliphatic rings. The summed E-state index contributed by atoms with van der Waals surface area (Å²) >= 11 is 0. The monoisotopic (exact) mass is 461 g/mol. The summed E-state index contributed by atoms with van der Waals surface area (Å²) in [5.41, 5.74) is 9.18. The Morgan fingerprint density at radius 3 is 2.40 bits per heavy atom. The number of para-hydroxylation sites is 1. The summed E-state index contributed by atoms with van der Waals surface area (Å²) in [5.74, 6) is -0.462. The van der Waals surface area contributed by atoms with Crippen LogP contribution in [0.1, 0.15) is 57.9 Å². The first kappa shape index (κ1) is 20.9. The first-order valence-electron chi connectivity index (χ1n) is 13.3. The molecule has 0 spiro atoms. The van der Waals surface area contributed by atoms with Crippen molar-refractivity contribution in [3.8, 4) is 22.4 Å². The molecule has 0 amide bonds. The number of aromatic nitrogens is 1. The lowest BCUT2D eigenvalue weighted by Crippen LogP contribution is -2.30. The Morgan fingerprint density at radius 2 is 1.63 bits per heavy atom. The van der Waals surface area contributed by atoms with Gasteiger partial charge in [0.1, 0.15) is 18.2 Å². The Kier molecular flexibility index (Phi) is 5.01. The van der Waals surface area contributed by atoms with Gasteiger partial charge in [0.25, 0.3) is 0 Å². The number of rotatable bonds is 3. The highest BCUT2D eigenvalue weighted by molar-refractivity contribution is 6.09. The lowest BCUT2D eigenvalue weighted by atomic mass is 9.71. The number of aryl methyl sites for hydroxylation is 2. The van der Waals surface area contributed by atoms with Crippen molar-refractivity contribution < 1.29 is 10.4 Å². The van der Waals surface area contributed by atoms with E-state index in [-0.39, 0.29) is 0 Å². The minimum atomic E-state index is -0.462. The molecule has 0 saturated heterocycles. The van der Waals surface area contributed by atoms with E-state index in [1.165, 1.54) is 16.7 Å². The smallest absolute Gasteiger partial charge is 0.216 e. The molecule has 0 unspecified atom stereocenters. The second-order valence-corrected chi connectivity index (χ2v) is 11.0. The van der Waals surface area contributed by atoms with E-state index < -0.39 is 5.89 Å². The summed E-state index contributed by atoms with van der Waals surface area (Å²) in [6.45, 7) is 6.81. The van der Waals surface area contributed by atoms with E-state index in [2.05, 4.69) is 99.2 Å². The van der Waals surface area contributed by atoms with Crippen LogP contribution in [0.5, 0.6) is 0 Å². The number of furan rings is 1. The van der Waals surface area contributed by atoms with Crippen molar-refractivity contribution in [1.82, 2.24) is 0 Å². The molecule has 1 fully saturated rings. The molecule has 1 aliphatic carbocycles. The van der Waals surface area contributed by atoms with Crippen molar-refractivity contribution >= 4 is 21.9 Å². The first-order valence-corrected chi connectivity index (χ1v) is 12.8. The normalized spacial score (nSPS) is 17.5. The van der Waals surface area contributed by atoms with Gasteiger partial charge in [0.05, 0.1) is 5.56 Å². The quantitative estimate of drug-likeness (QED) is 0.245. The number of hydrogen-bond donors (Lipinski definition) is 0. The van der Waals surface area contributed by atoms with Crippen LogP contribution in [0.2, 0.25) is 0 Å². The second-order valence-electron chi connectivity index (χ2n) is 11.0. The summed E-state index contributed by atoms with van der Waals surface area (Å²) in [6.07, 6.45) is 6.23. The molecule has 5 aromatic rings. The molecule has 0 atom stereocenters. The van der Waals surface area contributed by atoms with Crippen molar-refractivity contribution in [2.24, 2.45) is 12.5 Å². The Bertz CT molecular complexity index is 1580. The molecule has 1 saturated carbocycles. The average molecular weight is 462 g/mol. The van der Waals surface area contributed by atoms with Crippen LogP contribution in [-0.2, 0) is 7.05 Å². The number of nitrogens with zero attached hydrogens (tertiary/aromatic N) is 1. The number of pyridine rings is 1. The average Bonchev–Trinajstić information content (AvgIpc) is 3.25. The van der Waals surface area contributed by atoms with Gasteiger partial charge in [0.2, 0.25) is 5.69 Å². The van der Waals surface area contributed by atoms with Crippen molar-refractivity contribution in [2.45, 2.75) is 52.3 Å². The highest BCUT2D eigenvalue weighted by Crippen LogP contribution is 2.43. The molecule has 2 heteroatoms. The minimum absolute atomic E-state index is 0.362. The van der Waals surface area contributed by atoms with Crippen molar-refractivity contribution in [3.05, 3.63) is 90.1 Å². The molecule has 2 heterocycles. The van der Waals surface area contributed by atoms with Crippen molar-refractivity contribution in [1.29, 1.82) is 0 Å². The van der Waals surface area contributed by atoms with E-state index in [1.807, 2.05) is 12.1 Å². The Hall–Kier alpha value is -3.39. The zero-order valence-electron chi connectivity index (χ0n) is 22.2. The van der Waals surface area contributed by atoms with E-state index in [0.29, 0.717) is 5.41 Å². The third kappa shape index (κ3) is 3.95. The lowest BCUT2D eigenvalue weighted by Gasteiger charge is -2.34. The van der Waals surface area contributed by atoms with Crippen LogP contribution in [0.3, 0.4) is 0 Å². The van der Waals surface area contributed by atoms with Crippen LogP contribution in [0.15, 0.2) is 83.4 Å². The van der Waals surface area contributed by atoms with Gasteiger partial charge in [-0.05, 0) is 72.2 Å². The molecule has 0 N–H and O–H groups in total. The second kappa shape index (κ2) is 8.37. The van der Waals surface area contributed by atoms with E-state index in [4.69, 9.17) is 5.79 Å². The molecular formula is C33H34NO+. The topological polar surface area (TPSA) is 17.0 Å². The summed E-state index contributed by atoms with van der Waals surface area (Å²) in [4.78, 5) is 0. The van der Waals surface area contributed by atoms with Gasteiger partial charge in [-0.25, -0.2) is 4.57 Å². The predicted molar refractivity (Wildman–Crippen MR) is 145 cm³/mol. The van der Waals surface area contributed by atoms with Crippen molar-refractivity contribution in [3.63, 3.8) is 0 Å². The fourth-order valence-electron chi connectivity index (χ4n) is 5.62.